The van der Waals surface area contributed by atoms with Gasteiger partial charge in [0.2, 0.25) is 15.9 Å². The topological polar surface area (TPSA) is 75.3 Å². The Bertz CT molecular complexity index is 952. The van der Waals surface area contributed by atoms with Gasteiger partial charge in [0.15, 0.2) is 0 Å². The smallest absolute Gasteiger partial charge is 0.250 e. The first-order valence-electron chi connectivity index (χ1n) is 9.06. The molecule has 1 aromatic carbocycles. The lowest BCUT2D eigenvalue weighted by Gasteiger charge is -2.27. The summed E-state index contributed by atoms with van der Waals surface area (Å²) in [7, 11) is -3.46. The van der Waals surface area contributed by atoms with E-state index in [9.17, 15) is 13.2 Å². The standard InChI is InChI=1S/C19H22Br2N2O3S2/c1-12-10-15(6-7-16(12)20)23-19(24)14-4-2-13(3-5-14)11-22-28(25,26)18-9-8-17(21)27-18/h6-10,13-14,22H,2-5,11H2,1H3,(H,23,24). The van der Waals surface area contributed by atoms with E-state index in [0.717, 1.165) is 45.2 Å². The van der Waals surface area contributed by atoms with Gasteiger partial charge >= 0.3 is 0 Å². The molecule has 0 unspecified atom stereocenters. The zero-order valence-electron chi connectivity index (χ0n) is 15.4. The lowest BCUT2D eigenvalue weighted by atomic mass is 9.81. The van der Waals surface area contributed by atoms with E-state index in [1.165, 1.54) is 11.3 Å². The molecular formula is C19H22Br2N2O3S2. The summed E-state index contributed by atoms with van der Waals surface area (Å²) in [4.78, 5) is 12.5. The fourth-order valence-corrected chi connectivity index (χ4v) is 6.75. The predicted octanol–water partition coefficient (Wildman–Crippen LogP) is 5.30. The minimum atomic E-state index is -3.46. The molecule has 0 atom stereocenters. The van der Waals surface area contributed by atoms with Crippen molar-refractivity contribution in [3.63, 3.8) is 0 Å². The molecule has 0 spiro atoms. The van der Waals surface area contributed by atoms with Gasteiger partial charge in [0, 0.05) is 22.6 Å². The molecule has 5 nitrogen and oxygen atoms in total. The highest BCUT2D eigenvalue weighted by molar-refractivity contribution is 9.11. The van der Waals surface area contributed by atoms with Gasteiger partial charge in [0.05, 0.1) is 3.79 Å². The average molecular weight is 550 g/mol. The Balaban J connectivity index is 1.47. The summed E-state index contributed by atoms with van der Waals surface area (Å²) in [6.07, 6.45) is 3.23. The summed E-state index contributed by atoms with van der Waals surface area (Å²) in [5.74, 6) is 0.284. The Labute approximate surface area is 186 Å². The first-order valence-corrected chi connectivity index (χ1v) is 12.9. The van der Waals surface area contributed by atoms with Crippen LogP contribution >= 0.6 is 43.2 Å². The fraction of sp³-hybridized carbons (Fsp3) is 0.421. The lowest BCUT2D eigenvalue weighted by Crippen LogP contribution is -2.33. The number of halogens is 2. The maximum Gasteiger partial charge on any atom is 0.250 e. The van der Waals surface area contributed by atoms with E-state index in [0.29, 0.717) is 10.8 Å². The normalized spacial score (nSPS) is 20.1. The summed E-state index contributed by atoms with van der Waals surface area (Å²) in [5.41, 5.74) is 1.88. The Hall–Kier alpha value is -0.740. The largest absolute Gasteiger partial charge is 0.326 e. The SMILES string of the molecule is Cc1cc(NC(=O)C2CCC(CNS(=O)(=O)c3ccc(Br)s3)CC2)ccc1Br. The van der Waals surface area contributed by atoms with Crippen molar-refractivity contribution < 1.29 is 13.2 Å². The van der Waals surface area contributed by atoms with Crippen molar-refractivity contribution in [1.82, 2.24) is 4.72 Å². The predicted molar refractivity (Wildman–Crippen MR) is 120 cm³/mol. The number of carbonyl (C=O) groups is 1. The number of anilines is 1. The second-order valence-corrected chi connectivity index (χ2v) is 12.4. The number of carbonyl (C=O) groups excluding carboxylic acids is 1. The minimum Gasteiger partial charge on any atom is -0.326 e. The molecule has 1 saturated carbocycles. The van der Waals surface area contributed by atoms with Crippen molar-refractivity contribution in [1.29, 1.82) is 0 Å². The zero-order valence-corrected chi connectivity index (χ0v) is 20.2. The average Bonchev–Trinajstić information content (AvgIpc) is 3.11. The summed E-state index contributed by atoms with van der Waals surface area (Å²) in [5, 5.41) is 3.00. The summed E-state index contributed by atoms with van der Waals surface area (Å²) < 4.78 is 29.5. The first kappa shape index (κ1) is 22.0. The number of rotatable bonds is 6. The summed E-state index contributed by atoms with van der Waals surface area (Å²) in [6.45, 7) is 2.40. The van der Waals surface area contributed by atoms with E-state index in [2.05, 4.69) is 41.9 Å². The van der Waals surface area contributed by atoms with Crippen LogP contribution in [-0.2, 0) is 14.8 Å². The maximum absolute atomic E-state index is 12.5. The highest BCUT2D eigenvalue weighted by Crippen LogP contribution is 2.31. The molecule has 0 bridgehead atoms. The molecular weight excluding hydrogens is 528 g/mol. The number of aryl methyl sites for hydroxylation is 1. The number of nitrogens with one attached hydrogen (secondary N) is 2. The number of amides is 1. The highest BCUT2D eigenvalue weighted by Gasteiger charge is 2.27. The number of thiophene rings is 1. The van der Waals surface area contributed by atoms with Crippen LogP contribution in [0.15, 0.2) is 42.8 Å². The quantitative estimate of drug-likeness (QED) is 0.513. The van der Waals surface area contributed by atoms with Gasteiger partial charge in [0.1, 0.15) is 4.21 Å². The summed E-state index contributed by atoms with van der Waals surface area (Å²) in [6, 6.07) is 9.10. The van der Waals surface area contributed by atoms with Gasteiger partial charge in [-0.05, 0) is 90.4 Å². The number of benzene rings is 1. The third kappa shape index (κ3) is 5.66. The molecule has 0 radical (unpaired) electrons. The van der Waals surface area contributed by atoms with Gasteiger partial charge in [-0.2, -0.15) is 0 Å². The monoisotopic (exact) mass is 548 g/mol. The van der Waals surface area contributed by atoms with Gasteiger partial charge in [-0.3, -0.25) is 4.79 Å². The number of hydrogen-bond acceptors (Lipinski definition) is 4. The first-order chi connectivity index (χ1) is 13.2. The van der Waals surface area contributed by atoms with Crippen LogP contribution in [0.4, 0.5) is 5.69 Å². The molecule has 2 N–H and O–H groups in total. The van der Waals surface area contributed by atoms with Crippen molar-refractivity contribution in [2.24, 2.45) is 11.8 Å². The molecule has 3 rings (SSSR count). The molecule has 28 heavy (non-hydrogen) atoms. The van der Waals surface area contributed by atoms with Gasteiger partial charge in [-0.1, -0.05) is 15.9 Å². The molecule has 1 fully saturated rings. The maximum atomic E-state index is 12.5. The van der Waals surface area contributed by atoms with Crippen molar-refractivity contribution in [2.45, 2.75) is 36.8 Å². The minimum absolute atomic E-state index is 0.0231. The van der Waals surface area contributed by atoms with Crippen molar-refractivity contribution >= 4 is 64.8 Å². The van der Waals surface area contributed by atoms with Crippen LogP contribution in [-0.4, -0.2) is 20.9 Å². The van der Waals surface area contributed by atoms with Gasteiger partial charge < -0.3 is 5.32 Å². The molecule has 0 saturated heterocycles. The molecule has 2 aromatic rings. The Morgan fingerprint density at radius 3 is 2.46 bits per heavy atom. The van der Waals surface area contributed by atoms with E-state index < -0.39 is 10.0 Å². The van der Waals surface area contributed by atoms with E-state index in [1.54, 1.807) is 12.1 Å². The molecule has 1 aliphatic rings. The van der Waals surface area contributed by atoms with E-state index in [-0.39, 0.29) is 17.7 Å². The molecule has 1 aromatic heterocycles. The van der Waals surface area contributed by atoms with Crippen LogP contribution < -0.4 is 10.0 Å². The second-order valence-electron chi connectivity index (χ2n) is 7.08. The molecule has 9 heteroatoms. The van der Waals surface area contributed by atoms with E-state index in [1.807, 2.05) is 25.1 Å². The lowest BCUT2D eigenvalue weighted by molar-refractivity contribution is -0.121. The van der Waals surface area contributed by atoms with Crippen LogP contribution in [0.2, 0.25) is 0 Å². The third-order valence-corrected chi connectivity index (χ3v) is 9.45. The number of hydrogen-bond donors (Lipinski definition) is 2. The Morgan fingerprint density at radius 2 is 1.86 bits per heavy atom. The van der Waals surface area contributed by atoms with Gasteiger partial charge in [-0.25, -0.2) is 13.1 Å². The van der Waals surface area contributed by atoms with Crippen LogP contribution in [0.5, 0.6) is 0 Å². The number of sulfonamides is 1. The Morgan fingerprint density at radius 1 is 1.14 bits per heavy atom. The molecule has 1 aliphatic carbocycles. The van der Waals surface area contributed by atoms with E-state index in [4.69, 9.17) is 0 Å². The van der Waals surface area contributed by atoms with Crippen LogP contribution in [0.25, 0.3) is 0 Å². The van der Waals surface area contributed by atoms with Crippen LogP contribution in [0.1, 0.15) is 31.2 Å². The van der Waals surface area contributed by atoms with Crippen molar-refractivity contribution in [3.8, 4) is 0 Å². The molecule has 0 aliphatic heterocycles. The van der Waals surface area contributed by atoms with Gasteiger partial charge in [0.25, 0.3) is 0 Å². The van der Waals surface area contributed by atoms with Crippen molar-refractivity contribution in [2.75, 3.05) is 11.9 Å². The molecule has 1 heterocycles. The molecule has 1 amide bonds. The zero-order chi connectivity index (χ0) is 20.3. The summed E-state index contributed by atoms with van der Waals surface area (Å²) >= 11 is 7.95. The third-order valence-electron chi connectivity index (χ3n) is 5.02. The highest BCUT2D eigenvalue weighted by atomic mass is 79.9. The van der Waals surface area contributed by atoms with Gasteiger partial charge in [-0.15, -0.1) is 11.3 Å². The van der Waals surface area contributed by atoms with Crippen molar-refractivity contribution in [3.05, 3.63) is 44.2 Å². The molecule has 152 valence electrons. The second kappa shape index (κ2) is 9.38. The van der Waals surface area contributed by atoms with Crippen LogP contribution in [0, 0.1) is 18.8 Å². The van der Waals surface area contributed by atoms with Crippen LogP contribution in [0.3, 0.4) is 0 Å². The van der Waals surface area contributed by atoms with E-state index >= 15 is 0 Å². The fourth-order valence-electron chi connectivity index (χ4n) is 3.34. The Kier molecular flexibility index (Phi) is 7.36.